The van der Waals surface area contributed by atoms with Crippen LogP contribution in [0.4, 0.5) is 11.4 Å². The normalized spacial score (nSPS) is 9.52. The largest absolute Gasteiger partial charge is 0.398 e. The first-order valence-electron chi connectivity index (χ1n) is 5.94. The zero-order valence-electron chi connectivity index (χ0n) is 11.5. The number of hydrogen-bond donors (Lipinski definition) is 2. The Morgan fingerprint density at radius 1 is 0.952 bits per heavy atom. The highest BCUT2D eigenvalue weighted by atomic mass is 79.9. The fourth-order valence-electron chi connectivity index (χ4n) is 1.51. The van der Waals surface area contributed by atoms with E-state index in [0.717, 1.165) is 15.6 Å². The molecule has 6 heteroatoms. The molecule has 0 aliphatic heterocycles. The summed E-state index contributed by atoms with van der Waals surface area (Å²) in [5.41, 5.74) is 14.5. The third kappa shape index (κ3) is 4.28. The van der Waals surface area contributed by atoms with Crippen molar-refractivity contribution >= 4 is 50.5 Å². The molecule has 2 aromatic rings. The number of nitrogen functional groups attached to an aromatic ring is 2. The monoisotopic (exact) mass is 385 g/mol. The molecule has 0 aromatic heterocycles. The van der Waals surface area contributed by atoms with Crippen LogP contribution >= 0.6 is 39.1 Å². The van der Waals surface area contributed by atoms with E-state index in [1.807, 2.05) is 19.1 Å². The number of nitrogens with zero attached hydrogens (tertiary/aromatic N) is 1. The molecule has 0 bridgehead atoms. The van der Waals surface area contributed by atoms with Crippen molar-refractivity contribution in [3.63, 3.8) is 0 Å². The minimum Gasteiger partial charge on any atom is -0.398 e. The van der Waals surface area contributed by atoms with Crippen molar-refractivity contribution in [2.75, 3.05) is 11.5 Å². The Kier molecular flexibility index (Phi) is 6.35. The van der Waals surface area contributed by atoms with E-state index in [4.69, 9.17) is 39.9 Å². The van der Waals surface area contributed by atoms with Gasteiger partial charge in [0.2, 0.25) is 0 Å². The number of rotatable bonds is 0. The van der Waals surface area contributed by atoms with Crippen LogP contribution in [0, 0.1) is 25.2 Å². The van der Waals surface area contributed by atoms with Crippen LogP contribution in [-0.4, -0.2) is 0 Å². The molecule has 0 aliphatic carbocycles. The summed E-state index contributed by atoms with van der Waals surface area (Å²) >= 11 is 15.0. The van der Waals surface area contributed by atoms with Gasteiger partial charge in [-0.3, -0.25) is 0 Å². The number of hydrogen-bond acceptors (Lipinski definition) is 3. The Hall–Kier alpha value is -1.41. The number of anilines is 2. The Balaban J connectivity index is 0.000000211. The summed E-state index contributed by atoms with van der Waals surface area (Å²) in [4.78, 5) is 0. The maximum Gasteiger partial charge on any atom is 0.0994 e. The summed E-state index contributed by atoms with van der Waals surface area (Å²) < 4.78 is 0.992. The van der Waals surface area contributed by atoms with Gasteiger partial charge in [-0.15, -0.1) is 0 Å². The number of halogens is 3. The van der Waals surface area contributed by atoms with Gasteiger partial charge in [0, 0.05) is 4.47 Å². The molecule has 2 rings (SSSR count). The zero-order valence-corrected chi connectivity index (χ0v) is 14.6. The highest BCUT2D eigenvalue weighted by Gasteiger charge is 2.04. The minimum atomic E-state index is 0.476. The standard InChI is InChI=1S/C8H7ClN2.C7H7BrClN/c1-5-6(4-10)2-3-7(11)8(5)9;1-4-5(8)2-3-6(10)7(4)9/h2-3H,11H2,1H3;2-3H,10H2,1H3. The second-order valence-corrected chi connectivity index (χ2v) is 5.94. The van der Waals surface area contributed by atoms with Gasteiger partial charge in [-0.05, 0) is 49.2 Å². The predicted octanol–water partition coefficient (Wildman–Crippen LogP) is 5.10. The molecule has 0 radical (unpaired) electrons. The van der Waals surface area contributed by atoms with E-state index >= 15 is 0 Å². The van der Waals surface area contributed by atoms with Crippen molar-refractivity contribution in [2.45, 2.75) is 13.8 Å². The van der Waals surface area contributed by atoms with E-state index < -0.39 is 0 Å². The summed E-state index contributed by atoms with van der Waals surface area (Å²) in [6.07, 6.45) is 0. The molecular formula is C15H14BrCl2N3. The van der Waals surface area contributed by atoms with E-state index in [2.05, 4.69) is 15.9 Å². The second-order valence-electron chi connectivity index (χ2n) is 4.33. The SMILES string of the molecule is Cc1c(Br)ccc(N)c1Cl.Cc1c(C#N)ccc(N)c1Cl. The van der Waals surface area contributed by atoms with Crippen molar-refractivity contribution in [3.8, 4) is 6.07 Å². The molecule has 0 saturated carbocycles. The van der Waals surface area contributed by atoms with Gasteiger partial charge < -0.3 is 11.5 Å². The Bertz CT molecular complexity index is 682. The van der Waals surface area contributed by atoms with Gasteiger partial charge in [-0.1, -0.05) is 39.1 Å². The first-order chi connectivity index (χ1) is 9.79. The van der Waals surface area contributed by atoms with Gasteiger partial charge in [0.05, 0.1) is 33.1 Å². The first-order valence-corrected chi connectivity index (χ1v) is 7.49. The van der Waals surface area contributed by atoms with Crippen LogP contribution in [0.1, 0.15) is 16.7 Å². The molecule has 110 valence electrons. The molecule has 0 atom stereocenters. The fraction of sp³-hybridized carbons (Fsp3) is 0.133. The third-order valence-electron chi connectivity index (χ3n) is 2.89. The van der Waals surface area contributed by atoms with Crippen LogP contribution in [0.3, 0.4) is 0 Å². The van der Waals surface area contributed by atoms with Gasteiger partial charge in [0.1, 0.15) is 0 Å². The first kappa shape index (κ1) is 17.6. The van der Waals surface area contributed by atoms with Gasteiger partial charge in [0.15, 0.2) is 0 Å². The van der Waals surface area contributed by atoms with Gasteiger partial charge in [0.25, 0.3) is 0 Å². The summed E-state index contributed by atoms with van der Waals surface area (Å²) in [6, 6.07) is 8.98. The predicted molar refractivity (Wildman–Crippen MR) is 93.6 cm³/mol. The lowest BCUT2D eigenvalue weighted by Gasteiger charge is -2.02. The van der Waals surface area contributed by atoms with Crippen LogP contribution in [0.25, 0.3) is 0 Å². The van der Waals surface area contributed by atoms with E-state index in [1.54, 1.807) is 25.1 Å². The van der Waals surface area contributed by atoms with E-state index in [-0.39, 0.29) is 0 Å². The highest BCUT2D eigenvalue weighted by molar-refractivity contribution is 9.10. The van der Waals surface area contributed by atoms with Crippen molar-refractivity contribution in [3.05, 3.63) is 55.5 Å². The average Bonchev–Trinajstić information content (AvgIpc) is 2.48. The van der Waals surface area contributed by atoms with Crippen LogP contribution in [0.5, 0.6) is 0 Å². The van der Waals surface area contributed by atoms with Crippen molar-refractivity contribution in [1.29, 1.82) is 5.26 Å². The molecule has 0 heterocycles. The van der Waals surface area contributed by atoms with Gasteiger partial charge in [-0.25, -0.2) is 0 Å². The maximum atomic E-state index is 8.58. The molecule has 0 amide bonds. The van der Waals surface area contributed by atoms with Crippen molar-refractivity contribution in [2.24, 2.45) is 0 Å². The topological polar surface area (TPSA) is 75.8 Å². The fourth-order valence-corrected chi connectivity index (χ4v) is 2.28. The second kappa shape index (κ2) is 7.56. The number of nitrogens with two attached hydrogens (primary N) is 2. The molecule has 0 saturated heterocycles. The highest BCUT2D eigenvalue weighted by Crippen LogP contribution is 2.28. The maximum absolute atomic E-state index is 8.58. The molecular weight excluding hydrogens is 373 g/mol. The van der Waals surface area contributed by atoms with E-state index in [9.17, 15) is 0 Å². The smallest absolute Gasteiger partial charge is 0.0994 e. The Morgan fingerprint density at radius 2 is 1.43 bits per heavy atom. The van der Waals surface area contributed by atoms with Crippen LogP contribution in [-0.2, 0) is 0 Å². The lowest BCUT2D eigenvalue weighted by atomic mass is 10.1. The summed E-state index contributed by atoms with van der Waals surface area (Å²) in [7, 11) is 0. The molecule has 2 aromatic carbocycles. The summed E-state index contributed by atoms with van der Waals surface area (Å²) in [5.74, 6) is 0. The molecule has 3 nitrogen and oxygen atoms in total. The summed E-state index contributed by atoms with van der Waals surface area (Å²) in [5, 5.41) is 9.69. The quantitative estimate of drug-likeness (QED) is 0.618. The van der Waals surface area contributed by atoms with Crippen LogP contribution in [0.15, 0.2) is 28.7 Å². The third-order valence-corrected chi connectivity index (χ3v) is 4.75. The Morgan fingerprint density at radius 3 is 1.90 bits per heavy atom. The van der Waals surface area contributed by atoms with E-state index in [1.165, 1.54) is 0 Å². The minimum absolute atomic E-state index is 0.476. The summed E-state index contributed by atoms with van der Waals surface area (Å²) in [6.45, 7) is 3.69. The Labute approximate surface area is 142 Å². The van der Waals surface area contributed by atoms with Crippen molar-refractivity contribution in [1.82, 2.24) is 0 Å². The van der Waals surface area contributed by atoms with Crippen LogP contribution < -0.4 is 11.5 Å². The molecule has 0 fully saturated rings. The molecule has 0 unspecified atom stereocenters. The average molecular weight is 387 g/mol. The number of nitriles is 1. The lowest BCUT2D eigenvalue weighted by Crippen LogP contribution is -1.90. The number of benzene rings is 2. The van der Waals surface area contributed by atoms with E-state index in [0.29, 0.717) is 27.0 Å². The van der Waals surface area contributed by atoms with Gasteiger partial charge in [-0.2, -0.15) is 5.26 Å². The lowest BCUT2D eigenvalue weighted by molar-refractivity contribution is 1.39. The molecule has 4 N–H and O–H groups in total. The molecule has 21 heavy (non-hydrogen) atoms. The van der Waals surface area contributed by atoms with Crippen molar-refractivity contribution < 1.29 is 0 Å². The van der Waals surface area contributed by atoms with Crippen LogP contribution in [0.2, 0.25) is 10.0 Å². The van der Waals surface area contributed by atoms with Gasteiger partial charge >= 0.3 is 0 Å². The molecule has 0 spiro atoms. The molecule has 0 aliphatic rings. The zero-order chi connectivity index (χ0) is 16.2.